The Kier molecular flexibility index (Phi) is 5.67. The summed E-state index contributed by atoms with van der Waals surface area (Å²) in [5.74, 6) is 0.435. The van der Waals surface area contributed by atoms with Crippen LogP contribution in [-0.4, -0.2) is 12.1 Å². The van der Waals surface area contributed by atoms with Crippen molar-refractivity contribution < 1.29 is 18.3 Å². The maximum atomic E-state index is 14.3. The van der Waals surface area contributed by atoms with Gasteiger partial charge in [-0.2, -0.15) is 0 Å². The van der Waals surface area contributed by atoms with E-state index in [0.717, 1.165) is 33.3 Å². The lowest BCUT2D eigenvalue weighted by Crippen LogP contribution is -2.37. The maximum absolute atomic E-state index is 14.3. The third-order valence-electron chi connectivity index (χ3n) is 7.81. The second-order valence-electron chi connectivity index (χ2n) is 10.0. The monoisotopic (exact) mass is 529 g/mol. The SMILES string of the molecule is COc1ccc2c(c1)[C@H](c1ccccc1)c1c([nH]c3ccccc13)C(c1ccc(F)cc1)(c1ccc(F)cc1)O2. The first-order valence-corrected chi connectivity index (χ1v) is 13.1. The van der Waals surface area contributed by atoms with E-state index in [1.807, 2.05) is 54.6 Å². The van der Waals surface area contributed by atoms with Gasteiger partial charge in [0.2, 0.25) is 0 Å². The number of rotatable bonds is 4. The van der Waals surface area contributed by atoms with Crippen LogP contribution in [0.5, 0.6) is 11.5 Å². The van der Waals surface area contributed by atoms with Gasteiger partial charge in [0.05, 0.1) is 12.8 Å². The minimum atomic E-state index is -1.25. The largest absolute Gasteiger partial charge is 0.497 e. The zero-order valence-electron chi connectivity index (χ0n) is 21.7. The molecule has 0 bridgehead atoms. The van der Waals surface area contributed by atoms with Gasteiger partial charge in [-0.3, -0.25) is 0 Å². The molecule has 5 heteroatoms. The predicted molar refractivity (Wildman–Crippen MR) is 152 cm³/mol. The van der Waals surface area contributed by atoms with Crippen LogP contribution in [0.15, 0.2) is 121 Å². The van der Waals surface area contributed by atoms with Crippen molar-refractivity contribution in [2.45, 2.75) is 11.5 Å². The first-order chi connectivity index (χ1) is 19.6. The molecule has 1 N–H and O–H groups in total. The van der Waals surface area contributed by atoms with Crippen LogP contribution >= 0.6 is 0 Å². The molecule has 5 aromatic carbocycles. The lowest BCUT2D eigenvalue weighted by atomic mass is 9.77. The molecule has 0 saturated carbocycles. The number of methoxy groups -OCH3 is 1. The van der Waals surface area contributed by atoms with E-state index < -0.39 is 5.60 Å². The smallest absolute Gasteiger partial charge is 0.199 e. The van der Waals surface area contributed by atoms with E-state index in [0.29, 0.717) is 22.6 Å². The van der Waals surface area contributed by atoms with Crippen LogP contribution in [0.2, 0.25) is 0 Å². The van der Waals surface area contributed by atoms with E-state index >= 15 is 0 Å². The Bertz CT molecular complexity index is 1780. The van der Waals surface area contributed by atoms with Gasteiger partial charge in [-0.15, -0.1) is 0 Å². The van der Waals surface area contributed by atoms with Gasteiger partial charge in [0, 0.05) is 33.5 Å². The Labute approximate surface area is 230 Å². The minimum absolute atomic E-state index is 0.222. The predicted octanol–water partition coefficient (Wildman–Crippen LogP) is 8.32. The number of fused-ring (bicyclic) bond motifs is 4. The van der Waals surface area contributed by atoms with E-state index in [2.05, 4.69) is 23.2 Å². The van der Waals surface area contributed by atoms with Crippen molar-refractivity contribution in [3.8, 4) is 11.5 Å². The first-order valence-electron chi connectivity index (χ1n) is 13.1. The molecule has 0 fully saturated rings. The molecular formula is C35H25F2NO2. The Morgan fingerprint density at radius 3 is 2.00 bits per heavy atom. The van der Waals surface area contributed by atoms with Gasteiger partial charge in [-0.25, -0.2) is 8.78 Å². The Morgan fingerprint density at radius 1 is 0.725 bits per heavy atom. The number of nitrogens with one attached hydrogen (secondary N) is 1. The molecular weight excluding hydrogens is 504 g/mol. The summed E-state index contributed by atoms with van der Waals surface area (Å²) >= 11 is 0. The summed E-state index contributed by atoms with van der Waals surface area (Å²) in [5.41, 5.74) is 4.97. The molecule has 3 nitrogen and oxygen atoms in total. The summed E-state index contributed by atoms with van der Waals surface area (Å²) in [5, 5.41) is 1.04. The molecule has 6 aromatic rings. The molecule has 0 amide bonds. The molecule has 2 heterocycles. The Hall–Kier alpha value is -4.90. The number of hydrogen-bond acceptors (Lipinski definition) is 2. The van der Waals surface area contributed by atoms with Crippen molar-refractivity contribution in [3.05, 3.63) is 166 Å². The van der Waals surface area contributed by atoms with Gasteiger partial charge < -0.3 is 14.5 Å². The van der Waals surface area contributed by atoms with Crippen molar-refractivity contribution in [1.82, 2.24) is 4.98 Å². The van der Waals surface area contributed by atoms with E-state index in [1.54, 1.807) is 31.4 Å². The van der Waals surface area contributed by atoms with Crippen LogP contribution in [0.1, 0.15) is 39.4 Å². The second-order valence-corrected chi connectivity index (χ2v) is 10.0. The summed E-state index contributed by atoms with van der Waals surface area (Å²) in [6.45, 7) is 0. The van der Waals surface area contributed by atoms with Gasteiger partial charge in [-0.1, -0.05) is 72.8 Å². The number of hydrogen-bond donors (Lipinski definition) is 1. The van der Waals surface area contributed by atoms with E-state index in [9.17, 15) is 8.78 Å². The fraction of sp³-hybridized carbons (Fsp3) is 0.0857. The summed E-state index contributed by atoms with van der Waals surface area (Å²) in [6, 6.07) is 36.9. The number of aromatic nitrogens is 1. The molecule has 196 valence electrons. The highest BCUT2D eigenvalue weighted by Gasteiger charge is 2.47. The molecule has 0 saturated heterocycles. The Morgan fingerprint density at radius 2 is 1.35 bits per heavy atom. The number of halogens is 2. The van der Waals surface area contributed by atoms with Crippen LogP contribution in [0.3, 0.4) is 0 Å². The molecule has 1 aliphatic heterocycles. The Balaban J connectivity index is 1.67. The molecule has 1 aliphatic rings. The minimum Gasteiger partial charge on any atom is -0.497 e. The standard InChI is InChI=1S/C35H25F2NO2/c1-39-27-19-20-31-29(21-27)32(22-7-3-2-4-8-22)33-28-9-5-6-10-30(28)38-34(33)35(40-31,23-11-15-25(36)16-12-23)24-13-17-26(37)18-14-24/h2-21,32,38H,1H3/t32-/m0/s1. The summed E-state index contributed by atoms with van der Waals surface area (Å²) in [7, 11) is 1.65. The first kappa shape index (κ1) is 24.2. The van der Waals surface area contributed by atoms with E-state index in [1.165, 1.54) is 24.3 Å². The topological polar surface area (TPSA) is 34.2 Å². The lowest BCUT2D eigenvalue weighted by Gasteiger charge is -2.35. The number of aromatic amines is 1. The molecule has 0 unspecified atom stereocenters. The number of ether oxygens (including phenoxy) is 2. The van der Waals surface area contributed by atoms with Crippen LogP contribution in [0.25, 0.3) is 10.9 Å². The number of para-hydroxylation sites is 1. The molecule has 40 heavy (non-hydrogen) atoms. The fourth-order valence-electron chi connectivity index (χ4n) is 6.02. The highest BCUT2D eigenvalue weighted by atomic mass is 19.1. The van der Waals surface area contributed by atoms with Crippen molar-refractivity contribution in [2.24, 2.45) is 0 Å². The van der Waals surface area contributed by atoms with Gasteiger partial charge in [0.25, 0.3) is 0 Å². The normalized spacial score (nSPS) is 15.5. The van der Waals surface area contributed by atoms with Crippen LogP contribution in [0.4, 0.5) is 8.78 Å². The molecule has 0 aliphatic carbocycles. The number of H-pyrrole nitrogens is 1. The molecule has 1 atom stereocenters. The van der Waals surface area contributed by atoms with Crippen molar-refractivity contribution in [3.63, 3.8) is 0 Å². The van der Waals surface area contributed by atoms with Crippen molar-refractivity contribution >= 4 is 10.9 Å². The van der Waals surface area contributed by atoms with Crippen molar-refractivity contribution in [1.29, 1.82) is 0 Å². The van der Waals surface area contributed by atoms with Gasteiger partial charge >= 0.3 is 0 Å². The van der Waals surface area contributed by atoms with Crippen LogP contribution in [-0.2, 0) is 5.60 Å². The third-order valence-corrected chi connectivity index (χ3v) is 7.81. The quantitative estimate of drug-likeness (QED) is 0.249. The zero-order valence-corrected chi connectivity index (χ0v) is 21.7. The highest BCUT2D eigenvalue weighted by Crippen LogP contribution is 2.53. The zero-order chi connectivity index (χ0) is 27.3. The summed E-state index contributed by atoms with van der Waals surface area (Å²) < 4.78 is 41.4. The number of benzene rings is 5. The maximum Gasteiger partial charge on any atom is 0.199 e. The molecule has 0 radical (unpaired) electrons. The second kappa shape index (κ2) is 9.38. The molecule has 7 rings (SSSR count). The lowest BCUT2D eigenvalue weighted by molar-refractivity contribution is 0.152. The van der Waals surface area contributed by atoms with E-state index in [4.69, 9.17) is 9.47 Å². The fourth-order valence-corrected chi connectivity index (χ4v) is 6.02. The van der Waals surface area contributed by atoms with Gasteiger partial charge in [0.15, 0.2) is 5.60 Å². The third kappa shape index (κ3) is 3.69. The molecule has 0 spiro atoms. The van der Waals surface area contributed by atoms with Gasteiger partial charge in [-0.05, 0) is 59.7 Å². The summed E-state index contributed by atoms with van der Waals surface area (Å²) in [6.07, 6.45) is 0. The average molecular weight is 530 g/mol. The highest BCUT2D eigenvalue weighted by molar-refractivity contribution is 5.88. The summed E-state index contributed by atoms with van der Waals surface area (Å²) in [4.78, 5) is 3.69. The molecule has 1 aromatic heterocycles. The van der Waals surface area contributed by atoms with Crippen LogP contribution in [0, 0.1) is 11.6 Å². The van der Waals surface area contributed by atoms with Crippen molar-refractivity contribution in [2.75, 3.05) is 7.11 Å². The van der Waals surface area contributed by atoms with Gasteiger partial charge in [0.1, 0.15) is 23.1 Å². The van der Waals surface area contributed by atoms with Crippen LogP contribution < -0.4 is 9.47 Å². The average Bonchev–Trinajstić information content (AvgIpc) is 3.32. The van der Waals surface area contributed by atoms with E-state index in [-0.39, 0.29) is 17.6 Å².